The fraction of sp³-hybridized carbons (Fsp3) is 0.182. The molecule has 1 aromatic heterocycles. The van der Waals surface area contributed by atoms with Gasteiger partial charge in [0, 0.05) is 17.0 Å². The molecule has 0 bridgehead atoms. The van der Waals surface area contributed by atoms with Crippen LogP contribution in [0.3, 0.4) is 0 Å². The first-order valence-electron chi connectivity index (χ1n) is 8.85. The Bertz CT molecular complexity index is 930. The first-order valence-corrected chi connectivity index (χ1v) is 9.73. The van der Waals surface area contributed by atoms with E-state index in [0.717, 1.165) is 23.2 Å². The lowest BCUT2D eigenvalue weighted by atomic mass is 9.97. The van der Waals surface area contributed by atoms with Crippen LogP contribution in [0.1, 0.15) is 37.3 Å². The highest BCUT2D eigenvalue weighted by atomic mass is 32.1. The van der Waals surface area contributed by atoms with E-state index in [1.165, 1.54) is 35.1 Å². The lowest BCUT2D eigenvalue weighted by Crippen LogP contribution is -2.07. The van der Waals surface area contributed by atoms with Gasteiger partial charge in [0.1, 0.15) is 5.82 Å². The lowest BCUT2D eigenvalue weighted by Gasteiger charge is -2.08. The third-order valence-corrected chi connectivity index (χ3v) is 5.18. The van der Waals surface area contributed by atoms with E-state index in [1.807, 2.05) is 5.38 Å². The molecule has 0 saturated carbocycles. The van der Waals surface area contributed by atoms with E-state index in [9.17, 15) is 9.18 Å². The average Bonchev–Trinajstić information content (AvgIpc) is 3.15. The van der Waals surface area contributed by atoms with Crippen LogP contribution in [0.25, 0.3) is 17.3 Å². The number of halogens is 1. The Hall–Kier alpha value is -2.79. The first kappa shape index (κ1) is 19.0. The molecule has 0 aliphatic heterocycles. The van der Waals surface area contributed by atoms with Crippen molar-refractivity contribution >= 4 is 28.5 Å². The van der Waals surface area contributed by atoms with Gasteiger partial charge in [-0.15, -0.1) is 11.3 Å². The van der Waals surface area contributed by atoms with Gasteiger partial charge in [-0.2, -0.15) is 0 Å². The van der Waals surface area contributed by atoms with Crippen LogP contribution in [0.4, 0.5) is 9.52 Å². The molecular weight excluding hydrogens is 359 g/mol. The van der Waals surface area contributed by atoms with Crippen LogP contribution in [0.2, 0.25) is 0 Å². The summed E-state index contributed by atoms with van der Waals surface area (Å²) in [5.74, 6) is -0.0336. The predicted molar refractivity (Wildman–Crippen MR) is 110 cm³/mol. The van der Waals surface area contributed by atoms with Crippen LogP contribution >= 0.6 is 11.3 Å². The molecule has 0 spiro atoms. The van der Waals surface area contributed by atoms with Crippen LogP contribution in [-0.4, -0.2) is 10.9 Å². The lowest BCUT2D eigenvalue weighted by molar-refractivity contribution is -0.111. The van der Waals surface area contributed by atoms with Crippen LogP contribution in [0.15, 0.2) is 60.0 Å². The Morgan fingerprint density at radius 2 is 1.89 bits per heavy atom. The zero-order chi connectivity index (χ0) is 19.2. The van der Waals surface area contributed by atoms with Gasteiger partial charge in [-0.3, -0.25) is 10.1 Å². The SMILES string of the molecule is CCC(C)c1ccc(-c2csc(NC(=O)/C=C/c3ccc(F)cc3)n2)cc1. The van der Waals surface area contributed by atoms with Crippen molar-refractivity contribution in [2.24, 2.45) is 0 Å². The fourth-order valence-corrected chi connectivity index (χ4v) is 3.30. The second-order valence-corrected chi connectivity index (χ2v) is 7.20. The van der Waals surface area contributed by atoms with Gasteiger partial charge in [0.15, 0.2) is 5.13 Å². The van der Waals surface area contributed by atoms with Crippen molar-refractivity contribution in [2.75, 3.05) is 5.32 Å². The normalized spacial score (nSPS) is 12.3. The van der Waals surface area contributed by atoms with Crippen LogP contribution < -0.4 is 5.32 Å². The summed E-state index contributed by atoms with van der Waals surface area (Å²) in [5.41, 5.74) is 3.94. The quantitative estimate of drug-likeness (QED) is 0.524. The molecule has 3 aromatic rings. The number of anilines is 1. The number of hydrogen-bond acceptors (Lipinski definition) is 3. The molecule has 0 aliphatic rings. The molecule has 1 unspecified atom stereocenters. The first-order chi connectivity index (χ1) is 13.0. The van der Waals surface area contributed by atoms with Crippen molar-refractivity contribution in [1.29, 1.82) is 0 Å². The van der Waals surface area contributed by atoms with Gasteiger partial charge in [0.05, 0.1) is 5.69 Å². The van der Waals surface area contributed by atoms with Gasteiger partial charge in [-0.05, 0) is 41.7 Å². The molecule has 27 heavy (non-hydrogen) atoms. The summed E-state index contributed by atoms with van der Waals surface area (Å²) in [6.07, 6.45) is 4.16. The molecule has 1 N–H and O–H groups in total. The summed E-state index contributed by atoms with van der Waals surface area (Å²) < 4.78 is 12.9. The maximum absolute atomic E-state index is 12.9. The molecule has 0 radical (unpaired) electrons. The fourth-order valence-electron chi connectivity index (χ4n) is 2.57. The number of nitrogens with zero attached hydrogens (tertiary/aromatic N) is 1. The number of hydrogen-bond donors (Lipinski definition) is 1. The van der Waals surface area contributed by atoms with Crippen molar-refractivity contribution in [3.8, 4) is 11.3 Å². The summed E-state index contributed by atoms with van der Waals surface area (Å²) in [4.78, 5) is 16.5. The van der Waals surface area contributed by atoms with Crippen molar-refractivity contribution < 1.29 is 9.18 Å². The standard InChI is InChI=1S/C22H21FN2OS/c1-3-15(2)17-7-9-18(10-8-17)20-14-27-22(24-20)25-21(26)13-6-16-4-11-19(23)12-5-16/h4-15H,3H2,1-2H3,(H,24,25,26)/b13-6+. The molecule has 3 rings (SSSR count). The molecule has 138 valence electrons. The van der Waals surface area contributed by atoms with Gasteiger partial charge in [0.2, 0.25) is 5.91 Å². The van der Waals surface area contributed by atoms with Gasteiger partial charge in [-0.25, -0.2) is 9.37 Å². The second kappa shape index (κ2) is 8.73. The maximum atomic E-state index is 12.9. The summed E-state index contributed by atoms with van der Waals surface area (Å²) in [6.45, 7) is 4.39. The molecule has 3 nitrogen and oxygen atoms in total. The molecule has 1 atom stereocenters. The highest BCUT2D eigenvalue weighted by Gasteiger charge is 2.08. The van der Waals surface area contributed by atoms with Crippen molar-refractivity contribution in [2.45, 2.75) is 26.2 Å². The van der Waals surface area contributed by atoms with E-state index >= 15 is 0 Å². The number of rotatable bonds is 6. The van der Waals surface area contributed by atoms with E-state index in [1.54, 1.807) is 18.2 Å². The molecule has 1 amide bonds. The molecule has 0 aliphatic carbocycles. The summed E-state index contributed by atoms with van der Waals surface area (Å²) >= 11 is 1.38. The third-order valence-electron chi connectivity index (χ3n) is 4.42. The predicted octanol–water partition coefficient (Wildman–Crippen LogP) is 6.11. The minimum absolute atomic E-state index is 0.271. The summed E-state index contributed by atoms with van der Waals surface area (Å²) in [7, 11) is 0. The molecule has 5 heteroatoms. The van der Waals surface area contributed by atoms with Gasteiger partial charge < -0.3 is 0 Å². The van der Waals surface area contributed by atoms with Crippen molar-refractivity contribution in [1.82, 2.24) is 4.98 Å². The average molecular weight is 380 g/mol. The smallest absolute Gasteiger partial charge is 0.250 e. The number of amides is 1. The number of carbonyl (C=O) groups excluding carboxylic acids is 1. The Morgan fingerprint density at radius 1 is 1.19 bits per heavy atom. The van der Waals surface area contributed by atoms with Crippen LogP contribution in [0.5, 0.6) is 0 Å². The van der Waals surface area contributed by atoms with Crippen LogP contribution in [0, 0.1) is 5.82 Å². The van der Waals surface area contributed by atoms with Gasteiger partial charge in [0.25, 0.3) is 0 Å². The molecule has 0 fully saturated rings. The highest BCUT2D eigenvalue weighted by Crippen LogP contribution is 2.27. The molecule has 2 aromatic carbocycles. The number of thiazole rings is 1. The third kappa shape index (κ3) is 5.11. The van der Waals surface area contributed by atoms with E-state index in [4.69, 9.17) is 0 Å². The summed E-state index contributed by atoms with van der Waals surface area (Å²) in [6, 6.07) is 14.3. The number of nitrogens with one attached hydrogen (secondary N) is 1. The zero-order valence-corrected chi connectivity index (χ0v) is 16.1. The molecule has 1 heterocycles. The maximum Gasteiger partial charge on any atom is 0.250 e. The largest absolute Gasteiger partial charge is 0.298 e. The number of carbonyl (C=O) groups is 1. The summed E-state index contributed by atoms with van der Waals surface area (Å²) in [5, 5.41) is 5.23. The van der Waals surface area contributed by atoms with E-state index < -0.39 is 0 Å². The van der Waals surface area contributed by atoms with E-state index in [-0.39, 0.29) is 11.7 Å². The minimum Gasteiger partial charge on any atom is -0.298 e. The van der Waals surface area contributed by atoms with Crippen molar-refractivity contribution in [3.63, 3.8) is 0 Å². The van der Waals surface area contributed by atoms with E-state index in [0.29, 0.717) is 11.0 Å². The number of aromatic nitrogens is 1. The minimum atomic E-state index is -0.302. The molecular formula is C22H21FN2OS. The zero-order valence-electron chi connectivity index (χ0n) is 15.3. The van der Waals surface area contributed by atoms with Crippen LogP contribution in [-0.2, 0) is 4.79 Å². The second-order valence-electron chi connectivity index (χ2n) is 6.34. The van der Waals surface area contributed by atoms with E-state index in [2.05, 4.69) is 48.4 Å². The molecule has 0 saturated heterocycles. The van der Waals surface area contributed by atoms with Gasteiger partial charge in [-0.1, -0.05) is 50.2 Å². The highest BCUT2D eigenvalue weighted by molar-refractivity contribution is 7.14. The monoisotopic (exact) mass is 380 g/mol. The van der Waals surface area contributed by atoms with Gasteiger partial charge >= 0.3 is 0 Å². The Balaban J connectivity index is 1.63. The Kier molecular flexibility index (Phi) is 6.14. The number of benzene rings is 2. The Morgan fingerprint density at radius 3 is 2.56 bits per heavy atom. The topological polar surface area (TPSA) is 42.0 Å². The van der Waals surface area contributed by atoms with Crippen molar-refractivity contribution in [3.05, 3.63) is 76.9 Å². The Labute approximate surface area is 162 Å².